The van der Waals surface area contributed by atoms with Gasteiger partial charge < -0.3 is 31.1 Å². The standard InChI is InChI=1S/C18H22N6O4/c1-9-3-2-4-10(5-9)6-20-15-12-16(23-18(19)22-15)24(8-21-12)17-14(27)13(26)11(7-25)28-17/h2-5,8,11,13-14,17,25-27H,6-7H2,1H3,(H3,19,20,22,23)/t11-,13-,14-,17?/m1/s1. The Balaban J connectivity index is 1.65. The van der Waals surface area contributed by atoms with Crippen LogP contribution in [0.15, 0.2) is 30.6 Å². The van der Waals surface area contributed by atoms with Crippen LogP contribution in [0, 0.1) is 6.92 Å². The lowest BCUT2D eigenvalue weighted by Gasteiger charge is -2.16. The maximum Gasteiger partial charge on any atom is 0.224 e. The number of hydrogen-bond acceptors (Lipinski definition) is 9. The number of nitrogens with one attached hydrogen (secondary N) is 1. The van der Waals surface area contributed by atoms with E-state index in [1.165, 1.54) is 10.9 Å². The van der Waals surface area contributed by atoms with Crippen molar-refractivity contribution in [1.82, 2.24) is 19.5 Å². The number of nitrogens with zero attached hydrogens (tertiary/aromatic N) is 4. The van der Waals surface area contributed by atoms with Crippen LogP contribution in [0.3, 0.4) is 0 Å². The minimum absolute atomic E-state index is 0.0349. The molecule has 1 aliphatic heterocycles. The lowest BCUT2D eigenvalue weighted by Crippen LogP contribution is -2.33. The van der Waals surface area contributed by atoms with Gasteiger partial charge in [-0.05, 0) is 12.5 Å². The van der Waals surface area contributed by atoms with Gasteiger partial charge in [0.1, 0.15) is 18.3 Å². The summed E-state index contributed by atoms with van der Waals surface area (Å²) in [6.45, 7) is 2.13. The molecule has 6 N–H and O–H groups in total. The predicted octanol–water partition coefficient (Wildman–Crippen LogP) is -0.0595. The Bertz CT molecular complexity index is 993. The predicted molar refractivity (Wildman–Crippen MR) is 101 cm³/mol. The minimum Gasteiger partial charge on any atom is -0.394 e. The Labute approximate surface area is 160 Å². The van der Waals surface area contributed by atoms with Gasteiger partial charge in [0.25, 0.3) is 0 Å². The average Bonchev–Trinajstić information content (AvgIpc) is 3.21. The number of rotatable bonds is 5. The Hall–Kier alpha value is -2.79. The first-order valence-electron chi connectivity index (χ1n) is 8.90. The van der Waals surface area contributed by atoms with Crippen LogP contribution < -0.4 is 11.1 Å². The van der Waals surface area contributed by atoms with Crippen molar-refractivity contribution in [3.05, 3.63) is 41.7 Å². The van der Waals surface area contributed by atoms with Crippen LogP contribution in [0.2, 0.25) is 0 Å². The third kappa shape index (κ3) is 3.27. The molecule has 28 heavy (non-hydrogen) atoms. The number of aliphatic hydroxyl groups excluding tert-OH is 3. The lowest BCUT2D eigenvalue weighted by molar-refractivity contribution is -0.0511. The van der Waals surface area contributed by atoms with Crippen LogP contribution in [-0.4, -0.2) is 59.8 Å². The number of benzene rings is 1. The monoisotopic (exact) mass is 386 g/mol. The summed E-state index contributed by atoms with van der Waals surface area (Å²) >= 11 is 0. The summed E-state index contributed by atoms with van der Waals surface area (Å²) in [4.78, 5) is 12.8. The average molecular weight is 386 g/mol. The highest BCUT2D eigenvalue weighted by atomic mass is 16.6. The van der Waals surface area contributed by atoms with Crippen LogP contribution in [0.25, 0.3) is 11.2 Å². The van der Waals surface area contributed by atoms with E-state index in [2.05, 4.69) is 26.3 Å². The molecule has 2 aromatic heterocycles. The molecular formula is C18H22N6O4. The molecule has 0 bridgehead atoms. The fourth-order valence-electron chi connectivity index (χ4n) is 3.36. The second kappa shape index (κ2) is 7.32. The van der Waals surface area contributed by atoms with Crippen molar-refractivity contribution < 1.29 is 20.1 Å². The second-order valence-electron chi connectivity index (χ2n) is 6.83. The number of aryl methyl sites for hydroxylation is 1. The number of nitrogens with two attached hydrogens (primary N) is 1. The molecule has 3 aromatic rings. The number of anilines is 2. The van der Waals surface area contributed by atoms with Crippen LogP contribution in [0.4, 0.5) is 11.8 Å². The fourth-order valence-corrected chi connectivity index (χ4v) is 3.36. The molecule has 1 fully saturated rings. The largest absolute Gasteiger partial charge is 0.394 e. The third-order valence-electron chi connectivity index (χ3n) is 4.77. The zero-order valence-electron chi connectivity index (χ0n) is 15.2. The topological polar surface area (TPSA) is 152 Å². The van der Waals surface area contributed by atoms with E-state index in [4.69, 9.17) is 10.5 Å². The number of nitrogen functional groups attached to an aromatic ring is 1. The van der Waals surface area contributed by atoms with Crippen molar-refractivity contribution in [2.75, 3.05) is 17.7 Å². The molecule has 0 saturated carbocycles. The number of fused-ring (bicyclic) bond motifs is 1. The summed E-state index contributed by atoms with van der Waals surface area (Å²) in [5.41, 5.74) is 8.91. The van der Waals surface area contributed by atoms with Crippen LogP contribution in [0.5, 0.6) is 0 Å². The van der Waals surface area contributed by atoms with Crippen molar-refractivity contribution in [1.29, 1.82) is 0 Å². The summed E-state index contributed by atoms with van der Waals surface area (Å²) in [7, 11) is 0. The quantitative estimate of drug-likeness (QED) is 0.406. The zero-order chi connectivity index (χ0) is 19.8. The highest BCUT2D eigenvalue weighted by molar-refractivity contribution is 5.84. The number of hydrogen-bond donors (Lipinski definition) is 5. The molecule has 0 aliphatic carbocycles. The molecule has 1 unspecified atom stereocenters. The number of aromatic nitrogens is 4. The molecule has 0 radical (unpaired) electrons. The Morgan fingerprint density at radius 1 is 1.25 bits per heavy atom. The molecule has 4 rings (SSSR count). The van der Waals surface area contributed by atoms with Crippen LogP contribution in [0.1, 0.15) is 17.4 Å². The molecule has 3 heterocycles. The van der Waals surface area contributed by atoms with Crippen LogP contribution >= 0.6 is 0 Å². The van der Waals surface area contributed by atoms with E-state index in [9.17, 15) is 15.3 Å². The maximum atomic E-state index is 10.3. The smallest absolute Gasteiger partial charge is 0.224 e. The van der Waals surface area contributed by atoms with Gasteiger partial charge >= 0.3 is 0 Å². The highest BCUT2D eigenvalue weighted by Crippen LogP contribution is 2.32. The second-order valence-corrected chi connectivity index (χ2v) is 6.83. The van der Waals surface area contributed by atoms with E-state index < -0.39 is 31.1 Å². The van der Waals surface area contributed by atoms with Gasteiger partial charge in [-0.1, -0.05) is 29.8 Å². The molecule has 10 nitrogen and oxygen atoms in total. The summed E-state index contributed by atoms with van der Waals surface area (Å²) < 4.78 is 7.04. The summed E-state index contributed by atoms with van der Waals surface area (Å²) in [5.74, 6) is 0.488. The molecule has 10 heteroatoms. The zero-order valence-corrected chi connectivity index (χ0v) is 15.2. The van der Waals surface area contributed by atoms with E-state index in [1.807, 2.05) is 25.1 Å². The van der Waals surface area contributed by atoms with Gasteiger partial charge in [-0.3, -0.25) is 4.57 Å². The van der Waals surface area contributed by atoms with Crippen molar-refractivity contribution in [3.8, 4) is 0 Å². The normalized spacial score (nSPS) is 24.7. The number of ether oxygens (including phenoxy) is 1. The van der Waals surface area contributed by atoms with Gasteiger partial charge in [0.2, 0.25) is 5.95 Å². The molecule has 1 aromatic carbocycles. The van der Waals surface area contributed by atoms with Gasteiger partial charge in [0, 0.05) is 6.54 Å². The maximum absolute atomic E-state index is 10.3. The Kier molecular flexibility index (Phi) is 4.85. The van der Waals surface area contributed by atoms with E-state index in [0.29, 0.717) is 23.5 Å². The van der Waals surface area contributed by atoms with Gasteiger partial charge in [-0.25, -0.2) is 4.98 Å². The first kappa shape index (κ1) is 18.6. The summed E-state index contributed by atoms with van der Waals surface area (Å²) in [5, 5.41) is 32.8. The Morgan fingerprint density at radius 3 is 2.79 bits per heavy atom. The van der Waals surface area contributed by atoms with Crippen molar-refractivity contribution in [2.45, 2.75) is 38.0 Å². The fraction of sp³-hybridized carbons (Fsp3) is 0.389. The van der Waals surface area contributed by atoms with E-state index in [-0.39, 0.29) is 5.95 Å². The van der Waals surface area contributed by atoms with Gasteiger partial charge in [0.15, 0.2) is 23.2 Å². The van der Waals surface area contributed by atoms with E-state index in [0.717, 1.165) is 11.1 Å². The lowest BCUT2D eigenvalue weighted by atomic mass is 10.1. The SMILES string of the molecule is Cc1cccc(CNc2nc(N)nc3c2ncn3C2O[C@H](CO)[C@@H](O)[C@H]2O)c1. The first-order chi connectivity index (χ1) is 13.5. The van der Waals surface area contributed by atoms with Crippen molar-refractivity contribution >= 4 is 22.9 Å². The molecule has 1 aliphatic rings. The molecular weight excluding hydrogens is 364 g/mol. The van der Waals surface area contributed by atoms with E-state index >= 15 is 0 Å². The Morgan fingerprint density at radius 2 is 2.07 bits per heavy atom. The molecule has 148 valence electrons. The molecule has 4 atom stereocenters. The summed E-state index contributed by atoms with van der Waals surface area (Å²) in [6, 6.07) is 8.06. The summed E-state index contributed by atoms with van der Waals surface area (Å²) in [6.07, 6.45) is -2.86. The van der Waals surface area contributed by atoms with Crippen molar-refractivity contribution in [2.24, 2.45) is 0 Å². The molecule has 1 saturated heterocycles. The number of aliphatic hydroxyl groups is 3. The van der Waals surface area contributed by atoms with Gasteiger partial charge in [-0.15, -0.1) is 0 Å². The van der Waals surface area contributed by atoms with Crippen molar-refractivity contribution in [3.63, 3.8) is 0 Å². The molecule has 0 spiro atoms. The highest BCUT2D eigenvalue weighted by Gasteiger charge is 2.44. The number of imidazole rings is 1. The first-order valence-corrected chi connectivity index (χ1v) is 8.90. The van der Waals surface area contributed by atoms with Gasteiger partial charge in [-0.2, -0.15) is 9.97 Å². The van der Waals surface area contributed by atoms with E-state index in [1.54, 1.807) is 0 Å². The van der Waals surface area contributed by atoms with Gasteiger partial charge in [0.05, 0.1) is 12.9 Å². The third-order valence-corrected chi connectivity index (χ3v) is 4.77. The minimum atomic E-state index is -1.24. The van der Waals surface area contributed by atoms with Crippen LogP contribution in [-0.2, 0) is 11.3 Å². The molecule has 0 amide bonds.